The fourth-order valence-corrected chi connectivity index (χ4v) is 1.53. The molecule has 1 aromatic rings. The molecule has 0 unspecified atom stereocenters. The highest BCUT2D eigenvalue weighted by Crippen LogP contribution is 2.17. The molecule has 0 bridgehead atoms. The van der Waals surface area contributed by atoms with Crippen LogP contribution in [0.15, 0.2) is 23.4 Å². The standard InChI is InChI=1S/C10H8N2S/c1-2-3-7-13-10-9(8-11)5-4-6-12-10/h4-6H,7H2,1H3. The lowest BCUT2D eigenvalue weighted by atomic mass is 10.3. The van der Waals surface area contributed by atoms with Crippen molar-refractivity contribution in [3.63, 3.8) is 0 Å². The Morgan fingerprint density at radius 1 is 1.62 bits per heavy atom. The van der Waals surface area contributed by atoms with Crippen LogP contribution in [0.25, 0.3) is 0 Å². The monoisotopic (exact) mass is 188 g/mol. The van der Waals surface area contributed by atoms with Gasteiger partial charge >= 0.3 is 0 Å². The van der Waals surface area contributed by atoms with E-state index in [1.165, 1.54) is 11.8 Å². The minimum absolute atomic E-state index is 0.616. The first kappa shape index (κ1) is 9.64. The van der Waals surface area contributed by atoms with Crippen molar-refractivity contribution >= 4 is 11.8 Å². The normalized spacial score (nSPS) is 8.31. The van der Waals surface area contributed by atoms with Crippen molar-refractivity contribution in [2.24, 2.45) is 0 Å². The molecule has 0 fully saturated rings. The van der Waals surface area contributed by atoms with E-state index in [4.69, 9.17) is 5.26 Å². The van der Waals surface area contributed by atoms with E-state index in [1.54, 1.807) is 25.3 Å². The molecule has 2 nitrogen and oxygen atoms in total. The van der Waals surface area contributed by atoms with Crippen molar-refractivity contribution in [3.8, 4) is 17.9 Å². The highest BCUT2D eigenvalue weighted by atomic mass is 32.2. The van der Waals surface area contributed by atoms with Crippen LogP contribution in [0.3, 0.4) is 0 Å². The Morgan fingerprint density at radius 3 is 3.15 bits per heavy atom. The third-order valence-electron chi connectivity index (χ3n) is 1.35. The Balaban J connectivity index is 2.75. The summed E-state index contributed by atoms with van der Waals surface area (Å²) in [6.07, 6.45) is 1.68. The highest BCUT2D eigenvalue weighted by Gasteiger charge is 2.00. The zero-order valence-electron chi connectivity index (χ0n) is 7.24. The Bertz CT molecular complexity index is 382. The Hall–Kier alpha value is -1.45. The largest absolute Gasteiger partial charge is 0.249 e. The molecule has 0 spiro atoms. The number of thioether (sulfide) groups is 1. The van der Waals surface area contributed by atoms with Crippen LogP contribution in [0, 0.1) is 23.2 Å². The van der Waals surface area contributed by atoms with Gasteiger partial charge in [0.05, 0.1) is 11.3 Å². The SMILES string of the molecule is CC#CCSc1ncccc1C#N. The van der Waals surface area contributed by atoms with Crippen LogP contribution in [0.1, 0.15) is 12.5 Å². The molecule has 13 heavy (non-hydrogen) atoms. The molecule has 0 aliphatic carbocycles. The summed E-state index contributed by atoms with van der Waals surface area (Å²) >= 11 is 1.49. The molecule has 0 saturated heterocycles. The van der Waals surface area contributed by atoms with Crippen LogP contribution in [0.2, 0.25) is 0 Å². The van der Waals surface area contributed by atoms with Gasteiger partial charge in [0, 0.05) is 6.20 Å². The lowest BCUT2D eigenvalue weighted by Crippen LogP contribution is -1.85. The molecule has 1 heterocycles. The summed E-state index contributed by atoms with van der Waals surface area (Å²) < 4.78 is 0. The number of hydrogen-bond donors (Lipinski definition) is 0. The van der Waals surface area contributed by atoms with Gasteiger partial charge in [0.25, 0.3) is 0 Å². The average Bonchev–Trinajstić information content (AvgIpc) is 2.19. The van der Waals surface area contributed by atoms with Gasteiger partial charge in [0.15, 0.2) is 0 Å². The predicted molar refractivity (Wildman–Crippen MR) is 53.1 cm³/mol. The van der Waals surface area contributed by atoms with Crippen LogP contribution < -0.4 is 0 Å². The third-order valence-corrected chi connectivity index (χ3v) is 2.24. The first-order chi connectivity index (χ1) is 6.38. The number of nitriles is 1. The summed E-state index contributed by atoms with van der Waals surface area (Å²) in [5.41, 5.74) is 0.616. The van der Waals surface area contributed by atoms with E-state index in [9.17, 15) is 0 Å². The Kier molecular flexibility index (Phi) is 3.88. The third kappa shape index (κ3) is 2.82. The van der Waals surface area contributed by atoms with Crippen LogP contribution in [0.4, 0.5) is 0 Å². The van der Waals surface area contributed by atoms with Crippen LogP contribution >= 0.6 is 11.8 Å². The molecule has 0 aromatic carbocycles. The van der Waals surface area contributed by atoms with Gasteiger partial charge < -0.3 is 0 Å². The summed E-state index contributed by atoms with van der Waals surface area (Å²) in [4.78, 5) is 4.09. The maximum absolute atomic E-state index is 8.74. The molecule has 0 saturated carbocycles. The van der Waals surface area contributed by atoms with E-state index < -0.39 is 0 Å². The maximum atomic E-state index is 8.74. The highest BCUT2D eigenvalue weighted by molar-refractivity contribution is 7.99. The summed E-state index contributed by atoms with van der Waals surface area (Å²) in [5.74, 6) is 6.39. The Morgan fingerprint density at radius 2 is 2.46 bits per heavy atom. The molecule has 0 aliphatic rings. The van der Waals surface area contributed by atoms with Gasteiger partial charge in [-0.2, -0.15) is 5.26 Å². The lowest BCUT2D eigenvalue weighted by Gasteiger charge is -1.97. The summed E-state index contributed by atoms with van der Waals surface area (Å²) in [7, 11) is 0. The number of aromatic nitrogens is 1. The van der Waals surface area contributed by atoms with Crippen molar-refractivity contribution in [1.29, 1.82) is 5.26 Å². The van der Waals surface area contributed by atoms with Crippen LogP contribution in [0.5, 0.6) is 0 Å². The minimum atomic E-state index is 0.616. The quantitative estimate of drug-likeness (QED) is 0.526. The van der Waals surface area contributed by atoms with Crippen LogP contribution in [-0.4, -0.2) is 10.7 Å². The summed E-state index contributed by atoms with van der Waals surface area (Å²) in [5, 5.41) is 9.49. The van der Waals surface area contributed by atoms with Crippen molar-refractivity contribution in [2.75, 3.05) is 5.75 Å². The number of hydrogen-bond acceptors (Lipinski definition) is 3. The minimum Gasteiger partial charge on any atom is -0.249 e. The van der Waals surface area contributed by atoms with Crippen molar-refractivity contribution in [3.05, 3.63) is 23.9 Å². The second-order valence-corrected chi connectivity index (χ2v) is 3.15. The fourth-order valence-electron chi connectivity index (χ4n) is 0.768. The molecule has 1 rings (SSSR count). The fraction of sp³-hybridized carbons (Fsp3) is 0.200. The Labute approximate surface area is 82.0 Å². The van der Waals surface area contributed by atoms with Crippen molar-refractivity contribution in [2.45, 2.75) is 11.9 Å². The van der Waals surface area contributed by atoms with Gasteiger partial charge in [0.1, 0.15) is 11.1 Å². The van der Waals surface area contributed by atoms with Gasteiger partial charge in [0.2, 0.25) is 0 Å². The first-order valence-corrected chi connectivity index (χ1v) is 4.74. The van der Waals surface area contributed by atoms with E-state index in [0.29, 0.717) is 11.3 Å². The van der Waals surface area contributed by atoms with Crippen LogP contribution in [-0.2, 0) is 0 Å². The van der Waals surface area contributed by atoms with E-state index in [1.807, 2.05) is 0 Å². The molecule has 1 aromatic heterocycles. The molecule has 0 radical (unpaired) electrons. The molecular weight excluding hydrogens is 180 g/mol. The van der Waals surface area contributed by atoms with E-state index in [0.717, 1.165) is 5.03 Å². The molecule has 0 atom stereocenters. The summed E-state index contributed by atoms with van der Waals surface area (Å²) in [6, 6.07) is 5.61. The zero-order valence-corrected chi connectivity index (χ0v) is 8.06. The topological polar surface area (TPSA) is 36.7 Å². The molecule has 0 aliphatic heterocycles. The maximum Gasteiger partial charge on any atom is 0.115 e. The first-order valence-electron chi connectivity index (χ1n) is 3.76. The van der Waals surface area contributed by atoms with E-state index >= 15 is 0 Å². The second-order valence-electron chi connectivity index (χ2n) is 2.18. The molecule has 3 heteroatoms. The molecule has 0 N–H and O–H groups in total. The summed E-state index contributed by atoms with van der Waals surface area (Å²) in [6.45, 7) is 1.80. The van der Waals surface area contributed by atoms with Gasteiger partial charge in [-0.05, 0) is 19.1 Å². The number of pyridine rings is 1. The van der Waals surface area contributed by atoms with Gasteiger partial charge in [-0.25, -0.2) is 4.98 Å². The molecular formula is C10H8N2S. The van der Waals surface area contributed by atoms with Crippen molar-refractivity contribution in [1.82, 2.24) is 4.98 Å². The second kappa shape index (κ2) is 5.24. The van der Waals surface area contributed by atoms with Gasteiger partial charge in [-0.3, -0.25) is 0 Å². The lowest BCUT2D eigenvalue weighted by molar-refractivity contribution is 1.11. The van der Waals surface area contributed by atoms with Gasteiger partial charge in [-0.15, -0.1) is 5.92 Å². The molecule has 0 amide bonds. The van der Waals surface area contributed by atoms with Gasteiger partial charge in [-0.1, -0.05) is 17.7 Å². The number of nitrogens with zero attached hydrogens (tertiary/aromatic N) is 2. The van der Waals surface area contributed by atoms with E-state index in [2.05, 4.69) is 22.9 Å². The van der Waals surface area contributed by atoms with E-state index in [-0.39, 0.29) is 0 Å². The average molecular weight is 188 g/mol. The molecule has 64 valence electrons. The van der Waals surface area contributed by atoms with Crippen molar-refractivity contribution < 1.29 is 0 Å². The number of rotatable bonds is 2. The zero-order chi connectivity index (χ0) is 9.52. The smallest absolute Gasteiger partial charge is 0.115 e. The predicted octanol–water partition coefficient (Wildman–Crippen LogP) is 2.07.